The number of hydrogen-bond acceptors (Lipinski definition) is 5. The van der Waals surface area contributed by atoms with Gasteiger partial charge in [0.1, 0.15) is 11.5 Å². The minimum atomic E-state index is 0.415. The fraction of sp³-hybridized carbons (Fsp3) is 0.333. The molecule has 0 unspecified atom stereocenters. The van der Waals surface area contributed by atoms with E-state index in [9.17, 15) is 0 Å². The number of nitrogens with two attached hydrogens (primary N) is 1. The van der Waals surface area contributed by atoms with Crippen molar-refractivity contribution in [3.8, 4) is 0 Å². The first kappa shape index (κ1) is 8.86. The van der Waals surface area contributed by atoms with Crippen LogP contribution in [0.5, 0.6) is 0 Å². The topological polar surface area (TPSA) is 75.9 Å². The van der Waals surface area contributed by atoms with Crippen molar-refractivity contribution in [1.29, 1.82) is 0 Å². The summed E-state index contributed by atoms with van der Waals surface area (Å²) in [6.07, 6.45) is 0. The number of aromatic nitrogens is 2. The number of nitrogens with zero attached hydrogens (tertiary/aromatic N) is 2. The molecule has 0 aliphatic rings. The Morgan fingerprint density at radius 3 is 2.42 bits per heavy atom. The SMILES string of the molecule is CNc1nc(C)nc(NCl)c1N. The number of halogens is 1. The van der Waals surface area contributed by atoms with E-state index in [0.29, 0.717) is 23.1 Å². The van der Waals surface area contributed by atoms with Crippen molar-refractivity contribution < 1.29 is 0 Å². The molecule has 66 valence electrons. The molecule has 0 atom stereocenters. The first-order valence-electron chi connectivity index (χ1n) is 3.37. The van der Waals surface area contributed by atoms with Crippen LogP contribution in [0.25, 0.3) is 0 Å². The van der Waals surface area contributed by atoms with E-state index in [1.807, 2.05) is 0 Å². The summed E-state index contributed by atoms with van der Waals surface area (Å²) < 4.78 is 0. The van der Waals surface area contributed by atoms with Crippen molar-refractivity contribution in [3.05, 3.63) is 5.82 Å². The van der Waals surface area contributed by atoms with Crippen LogP contribution in [-0.2, 0) is 0 Å². The second-order valence-corrected chi connectivity index (χ2v) is 2.42. The Labute approximate surface area is 75.5 Å². The normalized spacial score (nSPS) is 9.58. The van der Waals surface area contributed by atoms with Gasteiger partial charge in [0.2, 0.25) is 0 Å². The van der Waals surface area contributed by atoms with Gasteiger partial charge in [-0.25, -0.2) is 9.97 Å². The number of nitrogens with one attached hydrogen (secondary N) is 2. The summed E-state index contributed by atoms with van der Waals surface area (Å²) in [6, 6.07) is 0. The average Bonchev–Trinajstić information content (AvgIpc) is 2.08. The quantitative estimate of drug-likeness (QED) is 0.602. The summed E-state index contributed by atoms with van der Waals surface area (Å²) in [5, 5.41) is 2.84. The van der Waals surface area contributed by atoms with Gasteiger partial charge in [-0.15, -0.1) is 0 Å². The van der Waals surface area contributed by atoms with Crippen molar-refractivity contribution in [3.63, 3.8) is 0 Å². The summed E-state index contributed by atoms with van der Waals surface area (Å²) in [4.78, 5) is 10.4. The summed E-state index contributed by atoms with van der Waals surface area (Å²) in [5.41, 5.74) is 6.05. The van der Waals surface area contributed by atoms with Gasteiger partial charge in [-0.3, -0.25) is 4.84 Å². The fourth-order valence-corrected chi connectivity index (χ4v) is 0.988. The van der Waals surface area contributed by atoms with Crippen molar-refractivity contribution in [1.82, 2.24) is 9.97 Å². The molecule has 5 nitrogen and oxygen atoms in total. The van der Waals surface area contributed by atoms with Crippen molar-refractivity contribution >= 4 is 29.1 Å². The summed E-state index contributed by atoms with van der Waals surface area (Å²) >= 11 is 5.39. The van der Waals surface area contributed by atoms with Crippen LogP contribution in [0.15, 0.2) is 0 Å². The Morgan fingerprint density at radius 1 is 1.33 bits per heavy atom. The van der Waals surface area contributed by atoms with Gasteiger partial charge in [0, 0.05) is 18.8 Å². The maximum atomic E-state index is 5.64. The molecule has 0 saturated heterocycles. The van der Waals surface area contributed by atoms with Gasteiger partial charge < -0.3 is 11.1 Å². The van der Waals surface area contributed by atoms with E-state index in [1.54, 1.807) is 14.0 Å². The molecule has 12 heavy (non-hydrogen) atoms. The van der Waals surface area contributed by atoms with Crippen LogP contribution in [0.3, 0.4) is 0 Å². The van der Waals surface area contributed by atoms with Crippen molar-refractivity contribution in [2.75, 3.05) is 22.9 Å². The van der Waals surface area contributed by atoms with Gasteiger partial charge in [-0.1, -0.05) is 0 Å². The largest absolute Gasteiger partial charge is 0.393 e. The van der Waals surface area contributed by atoms with Crippen LogP contribution in [-0.4, -0.2) is 17.0 Å². The maximum absolute atomic E-state index is 5.64. The third kappa shape index (κ3) is 1.50. The molecule has 1 aromatic rings. The first-order chi connectivity index (χ1) is 5.69. The van der Waals surface area contributed by atoms with Crippen LogP contribution in [0.2, 0.25) is 0 Å². The van der Waals surface area contributed by atoms with Gasteiger partial charge in [0.15, 0.2) is 11.6 Å². The van der Waals surface area contributed by atoms with Gasteiger partial charge in [-0.05, 0) is 6.92 Å². The lowest BCUT2D eigenvalue weighted by Crippen LogP contribution is -2.05. The number of hydrogen-bond donors (Lipinski definition) is 3. The van der Waals surface area contributed by atoms with E-state index in [2.05, 4.69) is 20.1 Å². The molecule has 0 aromatic carbocycles. The Morgan fingerprint density at radius 2 is 1.92 bits per heavy atom. The van der Waals surface area contributed by atoms with E-state index in [-0.39, 0.29) is 0 Å². The lowest BCUT2D eigenvalue weighted by molar-refractivity contribution is 1.06. The Bertz CT molecular complexity index is 262. The second kappa shape index (κ2) is 3.44. The number of aryl methyl sites for hydroxylation is 1. The first-order valence-corrected chi connectivity index (χ1v) is 3.75. The van der Waals surface area contributed by atoms with E-state index < -0.39 is 0 Å². The zero-order chi connectivity index (χ0) is 9.14. The maximum Gasteiger partial charge on any atom is 0.169 e. The molecule has 0 bridgehead atoms. The fourth-order valence-electron chi connectivity index (χ4n) is 0.844. The summed E-state index contributed by atoms with van der Waals surface area (Å²) in [7, 11) is 1.73. The summed E-state index contributed by atoms with van der Waals surface area (Å²) in [5.74, 6) is 1.61. The molecule has 1 aromatic heterocycles. The Kier molecular flexibility index (Phi) is 2.54. The molecule has 1 heterocycles. The van der Waals surface area contributed by atoms with Gasteiger partial charge in [0.25, 0.3) is 0 Å². The highest BCUT2D eigenvalue weighted by Gasteiger charge is 2.06. The van der Waals surface area contributed by atoms with Gasteiger partial charge in [0.05, 0.1) is 0 Å². The van der Waals surface area contributed by atoms with Crippen LogP contribution >= 0.6 is 11.8 Å². The molecule has 0 amide bonds. The molecule has 0 aliphatic heterocycles. The standard InChI is InChI=1S/C6H10ClN5/c1-3-10-5(9-2)4(8)6(11-3)12-7/h8H2,1-2H3,(H2,9,10,11,12). The molecule has 0 spiro atoms. The van der Waals surface area contributed by atoms with E-state index in [4.69, 9.17) is 17.5 Å². The summed E-state index contributed by atoms with van der Waals surface area (Å²) in [6.45, 7) is 1.76. The van der Waals surface area contributed by atoms with Crippen LogP contribution in [0.1, 0.15) is 5.82 Å². The second-order valence-electron chi connectivity index (χ2n) is 2.23. The molecule has 0 aliphatic carbocycles. The predicted octanol–water partition coefficient (Wildman–Crippen LogP) is 0.975. The molecular weight excluding hydrogens is 178 g/mol. The van der Waals surface area contributed by atoms with Crippen LogP contribution < -0.4 is 15.9 Å². The van der Waals surface area contributed by atoms with E-state index in [0.717, 1.165) is 0 Å². The smallest absolute Gasteiger partial charge is 0.169 e. The van der Waals surface area contributed by atoms with Crippen LogP contribution in [0, 0.1) is 6.92 Å². The molecule has 0 fully saturated rings. The molecule has 0 radical (unpaired) electrons. The van der Waals surface area contributed by atoms with Crippen LogP contribution in [0.4, 0.5) is 17.3 Å². The number of rotatable bonds is 2. The minimum absolute atomic E-state index is 0.415. The Hall–Kier alpha value is -1.23. The van der Waals surface area contributed by atoms with Gasteiger partial charge in [-0.2, -0.15) is 0 Å². The highest BCUT2D eigenvalue weighted by atomic mass is 35.5. The monoisotopic (exact) mass is 187 g/mol. The highest BCUT2D eigenvalue weighted by Crippen LogP contribution is 2.23. The highest BCUT2D eigenvalue weighted by molar-refractivity contribution is 6.24. The minimum Gasteiger partial charge on any atom is -0.393 e. The lowest BCUT2D eigenvalue weighted by Gasteiger charge is -2.07. The van der Waals surface area contributed by atoms with Crippen molar-refractivity contribution in [2.45, 2.75) is 6.92 Å². The average molecular weight is 188 g/mol. The van der Waals surface area contributed by atoms with Gasteiger partial charge >= 0.3 is 0 Å². The third-order valence-corrected chi connectivity index (χ3v) is 1.56. The molecule has 0 saturated carbocycles. The molecule has 4 N–H and O–H groups in total. The molecule has 1 rings (SSSR count). The van der Waals surface area contributed by atoms with E-state index in [1.165, 1.54) is 0 Å². The molecule has 6 heteroatoms. The lowest BCUT2D eigenvalue weighted by atomic mass is 10.4. The Balaban J connectivity index is 3.22. The predicted molar refractivity (Wildman–Crippen MR) is 50.2 cm³/mol. The molecular formula is C6H10ClN5. The van der Waals surface area contributed by atoms with Crippen molar-refractivity contribution in [2.24, 2.45) is 0 Å². The zero-order valence-corrected chi connectivity index (χ0v) is 7.61. The third-order valence-electron chi connectivity index (χ3n) is 1.38. The number of anilines is 3. The number of nitrogen functional groups attached to an aromatic ring is 1. The zero-order valence-electron chi connectivity index (χ0n) is 6.85. The van der Waals surface area contributed by atoms with E-state index >= 15 is 0 Å².